The number of aryl methyl sites for hydroxylation is 1. The topological polar surface area (TPSA) is 96.0 Å². The normalized spacial score (nSPS) is 11.9. The zero-order chi connectivity index (χ0) is 27.9. The van der Waals surface area contributed by atoms with Crippen LogP contribution in [0.5, 0.6) is 5.75 Å². The van der Waals surface area contributed by atoms with Crippen LogP contribution >= 0.6 is 0 Å². The molecule has 0 spiro atoms. The van der Waals surface area contributed by atoms with Gasteiger partial charge in [-0.15, -0.1) is 0 Å². The summed E-state index contributed by atoms with van der Waals surface area (Å²) >= 11 is 0. The lowest BCUT2D eigenvalue weighted by molar-refractivity contribution is -0.140. The summed E-state index contributed by atoms with van der Waals surface area (Å²) < 4.78 is 47.4. The summed E-state index contributed by atoms with van der Waals surface area (Å²) in [6.45, 7) is 3.05. The molecule has 3 rings (SSSR count). The lowest BCUT2D eigenvalue weighted by Crippen LogP contribution is -2.51. The predicted molar refractivity (Wildman–Crippen MR) is 144 cm³/mol. The van der Waals surface area contributed by atoms with Gasteiger partial charge in [0.25, 0.3) is 10.0 Å². The van der Waals surface area contributed by atoms with Crippen molar-refractivity contribution >= 4 is 27.5 Å². The van der Waals surface area contributed by atoms with Gasteiger partial charge < -0.3 is 15.0 Å². The first kappa shape index (κ1) is 28.6. The van der Waals surface area contributed by atoms with Gasteiger partial charge in [-0.05, 0) is 67.4 Å². The lowest BCUT2D eigenvalue weighted by atomic mass is 10.1. The molecular formula is C28H32FN3O5S. The first-order valence-electron chi connectivity index (χ1n) is 12.1. The Morgan fingerprint density at radius 3 is 2.26 bits per heavy atom. The number of carbonyl (C=O) groups is 2. The number of halogens is 1. The molecule has 10 heteroatoms. The maximum atomic E-state index is 13.8. The van der Waals surface area contributed by atoms with Crippen LogP contribution in [0.15, 0.2) is 77.7 Å². The van der Waals surface area contributed by atoms with Gasteiger partial charge in [0.2, 0.25) is 11.8 Å². The van der Waals surface area contributed by atoms with Gasteiger partial charge in [0.05, 0.1) is 17.7 Å². The van der Waals surface area contributed by atoms with E-state index in [2.05, 4.69) is 5.32 Å². The number of ether oxygens (including phenoxy) is 1. The van der Waals surface area contributed by atoms with Crippen molar-refractivity contribution in [3.63, 3.8) is 0 Å². The monoisotopic (exact) mass is 541 g/mol. The van der Waals surface area contributed by atoms with Crippen LogP contribution in [0.4, 0.5) is 10.1 Å². The highest BCUT2D eigenvalue weighted by Crippen LogP contribution is 2.26. The third kappa shape index (κ3) is 6.69. The Morgan fingerprint density at radius 1 is 1.03 bits per heavy atom. The highest BCUT2D eigenvalue weighted by atomic mass is 32.2. The lowest BCUT2D eigenvalue weighted by Gasteiger charge is -2.33. The molecule has 0 bridgehead atoms. The van der Waals surface area contributed by atoms with E-state index < -0.39 is 34.3 Å². The molecule has 0 saturated heterocycles. The Morgan fingerprint density at radius 2 is 1.68 bits per heavy atom. The summed E-state index contributed by atoms with van der Waals surface area (Å²) in [5.41, 5.74) is 1.69. The standard InChI is InChI=1S/C28H32FN3O5S/c1-5-26(28(34)30-3)31(18-21-7-6-8-24(17-21)37-4)27(33)19-32(23-13-11-22(29)12-14-23)38(35,36)25-15-9-20(2)10-16-25/h6-17,26H,5,18-19H2,1-4H3,(H,30,34)/t26-/m0/s1. The second-order valence-corrected chi connectivity index (χ2v) is 10.6. The zero-order valence-electron chi connectivity index (χ0n) is 21.8. The second kappa shape index (κ2) is 12.6. The Balaban J connectivity index is 2.05. The van der Waals surface area contributed by atoms with E-state index in [1.807, 2.05) is 6.92 Å². The number of anilines is 1. The van der Waals surface area contributed by atoms with Crippen molar-refractivity contribution in [2.45, 2.75) is 37.8 Å². The van der Waals surface area contributed by atoms with Crippen LogP contribution in [0.3, 0.4) is 0 Å². The first-order chi connectivity index (χ1) is 18.1. The number of methoxy groups -OCH3 is 1. The van der Waals surface area contributed by atoms with Crippen molar-refractivity contribution in [2.75, 3.05) is 25.0 Å². The highest BCUT2D eigenvalue weighted by molar-refractivity contribution is 7.92. The van der Waals surface area contributed by atoms with Crippen LogP contribution in [0.25, 0.3) is 0 Å². The number of likely N-dealkylation sites (N-methyl/N-ethyl adjacent to an activating group) is 1. The maximum absolute atomic E-state index is 13.8. The van der Waals surface area contributed by atoms with Crippen LogP contribution in [-0.2, 0) is 26.2 Å². The van der Waals surface area contributed by atoms with Crippen molar-refractivity contribution < 1.29 is 27.1 Å². The summed E-state index contributed by atoms with van der Waals surface area (Å²) in [5, 5.41) is 2.58. The van der Waals surface area contributed by atoms with E-state index in [-0.39, 0.29) is 23.0 Å². The molecule has 8 nitrogen and oxygen atoms in total. The number of nitrogens with one attached hydrogen (secondary N) is 1. The summed E-state index contributed by atoms with van der Waals surface area (Å²) in [6, 6.07) is 17.3. The third-order valence-corrected chi connectivity index (χ3v) is 7.91. The van der Waals surface area contributed by atoms with Gasteiger partial charge in [-0.3, -0.25) is 13.9 Å². The summed E-state index contributed by atoms with van der Waals surface area (Å²) in [6.07, 6.45) is 0.302. The van der Waals surface area contributed by atoms with Crippen molar-refractivity contribution in [2.24, 2.45) is 0 Å². The molecule has 2 amide bonds. The number of carbonyl (C=O) groups excluding carboxylic acids is 2. The third-order valence-electron chi connectivity index (χ3n) is 6.12. The van der Waals surface area contributed by atoms with Crippen molar-refractivity contribution in [1.82, 2.24) is 10.2 Å². The molecule has 202 valence electrons. The van der Waals surface area contributed by atoms with Crippen LogP contribution in [-0.4, -0.2) is 51.9 Å². The quantitative estimate of drug-likeness (QED) is 0.397. The van der Waals surface area contributed by atoms with Crippen LogP contribution in [0.1, 0.15) is 24.5 Å². The minimum atomic E-state index is -4.21. The average molecular weight is 542 g/mol. The Labute approximate surface area is 223 Å². The molecule has 0 aromatic heterocycles. The van der Waals surface area contributed by atoms with Crippen LogP contribution in [0.2, 0.25) is 0 Å². The number of hydrogen-bond acceptors (Lipinski definition) is 5. The molecular weight excluding hydrogens is 509 g/mol. The van der Waals surface area contributed by atoms with Crippen molar-refractivity contribution in [3.05, 3.63) is 89.7 Å². The molecule has 0 heterocycles. The van der Waals surface area contributed by atoms with Gasteiger partial charge in [-0.25, -0.2) is 12.8 Å². The molecule has 0 unspecified atom stereocenters. The average Bonchev–Trinajstić information content (AvgIpc) is 2.92. The molecule has 0 aliphatic heterocycles. The van der Waals surface area contributed by atoms with Gasteiger partial charge in [0, 0.05) is 13.6 Å². The van der Waals surface area contributed by atoms with E-state index in [0.717, 1.165) is 22.0 Å². The number of sulfonamides is 1. The zero-order valence-corrected chi connectivity index (χ0v) is 22.7. The molecule has 0 radical (unpaired) electrons. The fourth-order valence-electron chi connectivity index (χ4n) is 4.03. The van der Waals surface area contributed by atoms with Gasteiger partial charge in [0.1, 0.15) is 24.2 Å². The van der Waals surface area contributed by atoms with Crippen molar-refractivity contribution in [3.8, 4) is 5.75 Å². The van der Waals surface area contributed by atoms with Crippen LogP contribution < -0.4 is 14.4 Å². The molecule has 0 aliphatic carbocycles. The van der Waals surface area contributed by atoms with E-state index in [0.29, 0.717) is 17.7 Å². The van der Waals surface area contributed by atoms with Crippen molar-refractivity contribution in [1.29, 1.82) is 0 Å². The number of benzene rings is 3. The van der Waals surface area contributed by atoms with E-state index in [9.17, 15) is 22.4 Å². The molecule has 1 N–H and O–H groups in total. The molecule has 1 atom stereocenters. The minimum Gasteiger partial charge on any atom is -0.497 e. The van der Waals surface area contributed by atoms with E-state index in [4.69, 9.17) is 4.74 Å². The number of amides is 2. The molecule has 3 aromatic rings. The summed E-state index contributed by atoms with van der Waals surface area (Å²) in [4.78, 5) is 27.9. The molecule has 0 fully saturated rings. The molecule has 3 aromatic carbocycles. The Hall–Kier alpha value is -3.92. The van der Waals surface area contributed by atoms with E-state index in [1.54, 1.807) is 43.3 Å². The second-order valence-electron chi connectivity index (χ2n) is 8.71. The smallest absolute Gasteiger partial charge is 0.264 e. The number of nitrogens with zero attached hydrogens (tertiary/aromatic N) is 2. The first-order valence-corrected chi connectivity index (χ1v) is 13.5. The van der Waals surface area contributed by atoms with Gasteiger partial charge in [0.15, 0.2) is 0 Å². The fourth-order valence-corrected chi connectivity index (χ4v) is 5.44. The molecule has 0 saturated carbocycles. The Bertz CT molecular complexity index is 1360. The van der Waals surface area contributed by atoms with Gasteiger partial charge in [-0.1, -0.05) is 36.8 Å². The number of hydrogen-bond donors (Lipinski definition) is 1. The maximum Gasteiger partial charge on any atom is 0.264 e. The SMILES string of the molecule is CC[C@@H](C(=O)NC)N(Cc1cccc(OC)c1)C(=O)CN(c1ccc(F)cc1)S(=O)(=O)c1ccc(C)cc1. The van der Waals surface area contributed by atoms with Gasteiger partial charge >= 0.3 is 0 Å². The summed E-state index contributed by atoms with van der Waals surface area (Å²) in [7, 11) is -1.21. The highest BCUT2D eigenvalue weighted by Gasteiger charge is 2.33. The predicted octanol–water partition coefficient (Wildman–Crippen LogP) is 3.89. The fraction of sp³-hybridized carbons (Fsp3) is 0.286. The summed E-state index contributed by atoms with van der Waals surface area (Å²) in [5.74, 6) is -0.933. The largest absolute Gasteiger partial charge is 0.497 e. The Kier molecular flexibility index (Phi) is 9.46. The molecule has 0 aliphatic rings. The minimum absolute atomic E-state index is 0.0158. The molecule has 38 heavy (non-hydrogen) atoms. The number of rotatable bonds is 11. The van der Waals surface area contributed by atoms with Crippen LogP contribution in [0, 0.1) is 12.7 Å². The van der Waals surface area contributed by atoms with Gasteiger partial charge in [-0.2, -0.15) is 0 Å². The van der Waals surface area contributed by atoms with E-state index >= 15 is 0 Å². The van der Waals surface area contributed by atoms with E-state index in [1.165, 1.54) is 43.3 Å².